The maximum absolute atomic E-state index is 11.9. The minimum Gasteiger partial charge on any atom is -0.462 e. The zero-order valence-corrected chi connectivity index (χ0v) is 10.9. The molecule has 0 amide bonds. The largest absolute Gasteiger partial charge is 0.462 e. The predicted octanol–water partition coefficient (Wildman–Crippen LogP) is 3.44. The molecule has 1 aromatic heterocycles. The van der Waals surface area contributed by atoms with Gasteiger partial charge in [0.1, 0.15) is 0 Å². The molecule has 0 saturated carbocycles. The highest BCUT2D eigenvalue weighted by Crippen LogP contribution is 2.17. The van der Waals surface area contributed by atoms with E-state index in [-0.39, 0.29) is 11.4 Å². The van der Waals surface area contributed by atoms with Gasteiger partial charge in [-0.15, -0.1) is 0 Å². The van der Waals surface area contributed by atoms with E-state index in [9.17, 15) is 4.79 Å². The number of hydrogen-bond donors (Lipinski definition) is 0. The van der Waals surface area contributed by atoms with Crippen molar-refractivity contribution in [1.82, 2.24) is 4.98 Å². The first kappa shape index (κ1) is 12.6. The van der Waals surface area contributed by atoms with E-state index in [1.54, 1.807) is 18.5 Å². The Bertz CT molecular complexity index is 570. The van der Waals surface area contributed by atoms with Gasteiger partial charge >= 0.3 is 5.97 Å². The maximum atomic E-state index is 11.9. The fraction of sp³-hybridized carbons (Fsp3) is 0.333. The summed E-state index contributed by atoms with van der Waals surface area (Å²) < 4.78 is 5.28. The predicted molar refractivity (Wildman–Crippen MR) is 71.5 cm³/mol. The SMILES string of the molecule is CC(C)(C)COC(=O)c1ccc2ccncc2c1. The fourth-order valence-corrected chi connectivity index (χ4v) is 1.58. The van der Waals surface area contributed by atoms with Crippen LogP contribution in [0.2, 0.25) is 0 Å². The quantitative estimate of drug-likeness (QED) is 0.758. The Morgan fingerprint density at radius 1 is 1.22 bits per heavy atom. The lowest BCUT2D eigenvalue weighted by Gasteiger charge is -2.17. The number of hydrogen-bond acceptors (Lipinski definition) is 3. The first-order valence-corrected chi connectivity index (χ1v) is 5.97. The monoisotopic (exact) mass is 243 g/mol. The van der Waals surface area contributed by atoms with Crippen molar-refractivity contribution in [2.75, 3.05) is 6.61 Å². The summed E-state index contributed by atoms with van der Waals surface area (Å²) in [5.41, 5.74) is 0.549. The van der Waals surface area contributed by atoms with Gasteiger partial charge in [0, 0.05) is 17.8 Å². The van der Waals surface area contributed by atoms with Gasteiger partial charge in [-0.2, -0.15) is 0 Å². The molecular weight excluding hydrogens is 226 g/mol. The minimum absolute atomic E-state index is 0.0198. The molecule has 0 N–H and O–H groups in total. The zero-order chi connectivity index (χ0) is 13.2. The maximum Gasteiger partial charge on any atom is 0.338 e. The standard InChI is InChI=1S/C15H17NO2/c1-15(2,3)10-18-14(17)12-5-4-11-6-7-16-9-13(11)8-12/h4-9H,10H2,1-3H3. The van der Waals surface area contributed by atoms with Crippen LogP contribution in [0.1, 0.15) is 31.1 Å². The van der Waals surface area contributed by atoms with Gasteiger partial charge in [0.25, 0.3) is 0 Å². The molecule has 3 nitrogen and oxygen atoms in total. The van der Waals surface area contributed by atoms with Gasteiger partial charge in [-0.25, -0.2) is 4.79 Å². The molecule has 0 saturated heterocycles. The minimum atomic E-state index is -0.282. The number of esters is 1. The van der Waals surface area contributed by atoms with Gasteiger partial charge in [-0.1, -0.05) is 26.8 Å². The van der Waals surface area contributed by atoms with Crippen molar-refractivity contribution in [3.05, 3.63) is 42.2 Å². The van der Waals surface area contributed by atoms with Crippen molar-refractivity contribution in [1.29, 1.82) is 0 Å². The Labute approximate surface area is 107 Å². The Morgan fingerprint density at radius 2 is 2.00 bits per heavy atom. The zero-order valence-electron chi connectivity index (χ0n) is 10.9. The molecule has 1 aromatic carbocycles. The van der Waals surface area contributed by atoms with Gasteiger partial charge in [-0.3, -0.25) is 4.98 Å². The van der Waals surface area contributed by atoms with E-state index in [1.165, 1.54) is 0 Å². The summed E-state index contributed by atoms with van der Waals surface area (Å²) in [5, 5.41) is 2.01. The molecule has 0 fully saturated rings. The molecule has 0 atom stereocenters. The van der Waals surface area contributed by atoms with Gasteiger partial charge in [0.15, 0.2) is 0 Å². The Morgan fingerprint density at radius 3 is 2.72 bits per heavy atom. The van der Waals surface area contributed by atoms with Crippen LogP contribution < -0.4 is 0 Å². The molecule has 18 heavy (non-hydrogen) atoms. The molecule has 2 aromatic rings. The van der Waals surface area contributed by atoms with Crippen LogP contribution in [0.3, 0.4) is 0 Å². The number of benzene rings is 1. The smallest absolute Gasteiger partial charge is 0.338 e. The van der Waals surface area contributed by atoms with Crippen molar-refractivity contribution < 1.29 is 9.53 Å². The van der Waals surface area contributed by atoms with Gasteiger partial charge in [0.2, 0.25) is 0 Å². The molecule has 3 heteroatoms. The number of ether oxygens (including phenoxy) is 1. The van der Waals surface area contributed by atoms with Crippen molar-refractivity contribution in [2.24, 2.45) is 5.41 Å². The molecule has 0 aliphatic carbocycles. The average molecular weight is 243 g/mol. The van der Waals surface area contributed by atoms with Crippen LogP contribution in [0.4, 0.5) is 0 Å². The number of nitrogens with zero attached hydrogens (tertiary/aromatic N) is 1. The second-order valence-corrected chi connectivity index (χ2v) is 5.57. The molecular formula is C15H17NO2. The van der Waals surface area contributed by atoms with Gasteiger partial charge in [0.05, 0.1) is 12.2 Å². The van der Waals surface area contributed by atoms with Crippen molar-refractivity contribution >= 4 is 16.7 Å². The van der Waals surface area contributed by atoms with E-state index in [0.717, 1.165) is 10.8 Å². The first-order chi connectivity index (χ1) is 8.46. The third-order valence-electron chi connectivity index (χ3n) is 2.51. The van der Waals surface area contributed by atoms with Crippen molar-refractivity contribution in [2.45, 2.75) is 20.8 Å². The summed E-state index contributed by atoms with van der Waals surface area (Å²) in [7, 11) is 0. The normalized spacial score (nSPS) is 11.5. The molecule has 2 rings (SSSR count). The van der Waals surface area contributed by atoms with Crippen LogP contribution in [-0.2, 0) is 4.74 Å². The summed E-state index contributed by atoms with van der Waals surface area (Å²) in [6.45, 7) is 6.51. The molecule has 0 spiro atoms. The van der Waals surface area contributed by atoms with Crippen LogP contribution in [0, 0.1) is 5.41 Å². The average Bonchev–Trinajstić information content (AvgIpc) is 2.34. The van der Waals surface area contributed by atoms with Crippen LogP contribution in [0.25, 0.3) is 10.8 Å². The molecule has 94 valence electrons. The molecule has 0 aliphatic rings. The summed E-state index contributed by atoms with van der Waals surface area (Å²) in [6, 6.07) is 7.42. The van der Waals surface area contributed by atoms with E-state index in [0.29, 0.717) is 12.2 Å². The molecule has 0 aliphatic heterocycles. The summed E-state index contributed by atoms with van der Waals surface area (Å²) in [6.07, 6.45) is 3.48. The second-order valence-electron chi connectivity index (χ2n) is 5.57. The van der Waals surface area contributed by atoms with E-state index >= 15 is 0 Å². The van der Waals surface area contributed by atoms with Crippen LogP contribution >= 0.6 is 0 Å². The highest BCUT2D eigenvalue weighted by molar-refractivity contribution is 5.95. The number of fused-ring (bicyclic) bond motifs is 1. The lowest BCUT2D eigenvalue weighted by Crippen LogP contribution is -2.18. The second kappa shape index (κ2) is 4.77. The molecule has 0 radical (unpaired) electrons. The first-order valence-electron chi connectivity index (χ1n) is 5.97. The van der Waals surface area contributed by atoms with Crippen LogP contribution in [0.15, 0.2) is 36.7 Å². The van der Waals surface area contributed by atoms with E-state index in [2.05, 4.69) is 4.98 Å². The topological polar surface area (TPSA) is 39.2 Å². The number of rotatable bonds is 2. The van der Waals surface area contributed by atoms with E-state index < -0.39 is 0 Å². The van der Waals surface area contributed by atoms with E-state index in [4.69, 9.17) is 4.74 Å². The Balaban J connectivity index is 2.18. The fourth-order valence-electron chi connectivity index (χ4n) is 1.58. The van der Waals surface area contributed by atoms with Crippen molar-refractivity contribution in [3.63, 3.8) is 0 Å². The van der Waals surface area contributed by atoms with Crippen LogP contribution in [0.5, 0.6) is 0 Å². The summed E-state index contributed by atoms with van der Waals surface area (Å²) in [5.74, 6) is -0.282. The third-order valence-corrected chi connectivity index (χ3v) is 2.51. The molecule has 0 unspecified atom stereocenters. The third kappa shape index (κ3) is 3.06. The van der Waals surface area contributed by atoms with Gasteiger partial charge in [-0.05, 0) is 29.0 Å². The molecule has 1 heterocycles. The highest BCUT2D eigenvalue weighted by atomic mass is 16.5. The number of carbonyl (C=O) groups is 1. The summed E-state index contributed by atoms with van der Waals surface area (Å²) in [4.78, 5) is 15.9. The summed E-state index contributed by atoms with van der Waals surface area (Å²) >= 11 is 0. The number of pyridine rings is 1. The lowest BCUT2D eigenvalue weighted by molar-refractivity contribution is 0.0367. The van der Waals surface area contributed by atoms with Gasteiger partial charge < -0.3 is 4.74 Å². The number of aromatic nitrogens is 1. The highest BCUT2D eigenvalue weighted by Gasteiger charge is 2.15. The lowest BCUT2D eigenvalue weighted by atomic mass is 9.99. The molecule has 0 bridgehead atoms. The van der Waals surface area contributed by atoms with Crippen LogP contribution in [-0.4, -0.2) is 17.6 Å². The number of carbonyl (C=O) groups excluding carboxylic acids is 1. The Hall–Kier alpha value is -1.90. The Kier molecular flexibility index (Phi) is 3.32. The van der Waals surface area contributed by atoms with E-state index in [1.807, 2.05) is 39.0 Å². The van der Waals surface area contributed by atoms with Crippen molar-refractivity contribution in [3.8, 4) is 0 Å².